The molecule has 6 heteroatoms. The van der Waals surface area contributed by atoms with Gasteiger partial charge in [-0.2, -0.15) is 0 Å². The van der Waals surface area contributed by atoms with Crippen molar-refractivity contribution in [1.82, 2.24) is 15.3 Å². The summed E-state index contributed by atoms with van der Waals surface area (Å²) in [6.07, 6.45) is 4.30. The van der Waals surface area contributed by atoms with E-state index in [4.69, 9.17) is 11.6 Å². The van der Waals surface area contributed by atoms with E-state index in [0.29, 0.717) is 6.04 Å². The Kier molecular flexibility index (Phi) is 4.42. The fraction of sp³-hybridized carbons (Fsp3) is 0.467. The van der Waals surface area contributed by atoms with Gasteiger partial charge in [0.2, 0.25) is 0 Å². The van der Waals surface area contributed by atoms with Crippen LogP contribution in [0.25, 0.3) is 0 Å². The van der Waals surface area contributed by atoms with Gasteiger partial charge in [-0.25, -0.2) is 9.97 Å². The smallest absolute Gasteiger partial charge is 0.128 e. The van der Waals surface area contributed by atoms with Crippen LogP contribution in [0.4, 0.5) is 5.82 Å². The quantitative estimate of drug-likeness (QED) is 0.885. The highest BCUT2D eigenvalue weighted by Crippen LogP contribution is 2.24. The number of nitrogens with zero attached hydrogens (tertiary/aromatic N) is 3. The number of anilines is 1. The Morgan fingerprint density at radius 2 is 2.24 bits per heavy atom. The molecule has 0 spiro atoms. The first-order chi connectivity index (χ1) is 10.1. The zero-order valence-electron chi connectivity index (χ0n) is 12.3. The highest BCUT2D eigenvalue weighted by Gasteiger charge is 2.20. The summed E-state index contributed by atoms with van der Waals surface area (Å²) in [7, 11) is 2.05. The molecule has 21 heavy (non-hydrogen) atoms. The lowest BCUT2D eigenvalue weighted by atomic mass is 10.2. The molecule has 1 fully saturated rings. The summed E-state index contributed by atoms with van der Waals surface area (Å²) in [5.41, 5.74) is 4.09. The van der Waals surface area contributed by atoms with Crippen molar-refractivity contribution in [3.63, 3.8) is 0 Å². The molecule has 0 unspecified atom stereocenters. The van der Waals surface area contributed by atoms with E-state index in [2.05, 4.69) is 26.3 Å². The summed E-state index contributed by atoms with van der Waals surface area (Å²) in [4.78, 5) is 12.1. The van der Waals surface area contributed by atoms with Gasteiger partial charge in [-0.05, 0) is 31.4 Å². The summed E-state index contributed by atoms with van der Waals surface area (Å²) in [6.45, 7) is 3.67. The minimum Gasteiger partial charge on any atom is -0.354 e. The van der Waals surface area contributed by atoms with Gasteiger partial charge in [0.1, 0.15) is 5.82 Å². The molecule has 2 aromatic rings. The van der Waals surface area contributed by atoms with E-state index in [1.807, 2.05) is 19.5 Å². The molecule has 1 saturated carbocycles. The Morgan fingerprint density at radius 1 is 1.43 bits per heavy atom. The third-order valence-electron chi connectivity index (χ3n) is 3.70. The van der Waals surface area contributed by atoms with Gasteiger partial charge >= 0.3 is 0 Å². The van der Waals surface area contributed by atoms with Crippen LogP contribution in [-0.4, -0.2) is 23.1 Å². The number of halogens is 1. The van der Waals surface area contributed by atoms with E-state index in [0.717, 1.165) is 35.2 Å². The molecule has 0 bridgehead atoms. The molecule has 112 valence electrons. The van der Waals surface area contributed by atoms with E-state index in [1.165, 1.54) is 17.7 Å². The second-order valence-electron chi connectivity index (χ2n) is 5.51. The molecule has 2 heterocycles. The third kappa shape index (κ3) is 3.73. The zero-order chi connectivity index (χ0) is 14.8. The maximum Gasteiger partial charge on any atom is 0.128 e. The lowest BCUT2D eigenvalue weighted by Gasteiger charge is -2.19. The van der Waals surface area contributed by atoms with E-state index in [9.17, 15) is 0 Å². The van der Waals surface area contributed by atoms with Gasteiger partial charge in [0.15, 0.2) is 0 Å². The molecule has 1 N–H and O–H groups in total. The first-order valence-electron chi connectivity index (χ1n) is 7.11. The first-order valence-corrected chi connectivity index (χ1v) is 8.37. The van der Waals surface area contributed by atoms with Crippen molar-refractivity contribution in [1.29, 1.82) is 0 Å². The molecule has 0 aromatic carbocycles. The molecule has 2 aromatic heterocycles. The summed E-state index contributed by atoms with van der Waals surface area (Å²) in [5.74, 6) is 0.944. The van der Waals surface area contributed by atoms with Gasteiger partial charge in [0.05, 0.1) is 22.8 Å². The van der Waals surface area contributed by atoms with E-state index < -0.39 is 0 Å². The number of thiazole rings is 1. The Labute approximate surface area is 134 Å². The van der Waals surface area contributed by atoms with Crippen LogP contribution in [0.1, 0.15) is 29.0 Å². The minimum absolute atomic E-state index is 0.676. The van der Waals surface area contributed by atoms with Crippen molar-refractivity contribution in [2.45, 2.75) is 38.9 Å². The molecule has 0 amide bonds. The average molecular weight is 323 g/mol. The summed E-state index contributed by atoms with van der Waals surface area (Å²) in [5, 5.41) is 4.23. The topological polar surface area (TPSA) is 41.1 Å². The molecular weight excluding hydrogens is 304 g/mol. The number of aryl methyl sites for hydroxylation is 1. The van der Waals surface area contributed by atoms with Gasteiger partial charge in [0, 0.05) is 30.7 Å². The summed E-state index contributed by atoms with van der Waals surface area (Å²) in [6, 6.07) is 2.75. The van der Waals surface area contributed by atoms with Gasteiger partial charge < -0.3 is 10.2 Å². The van der Waals surface area contributed by atoms with Crippen LogP contribution in [0.2, 0.25) is 5.02 Å². The van der Waals surface area contributed by atoms with Crippen LogP contribution >= 0.6 is 22.9 Å². The fourth-order valence-electron chi connectivity index (χ4n) is 2.13. The molecule has 4 nitrogen and oxygen atoms in total. The van der Waals surface area contributed by atoms with Crippen molar-refractivity contribution in [3.8, 4) is 0 Å². The van der Waals surface area contributed by atoms with Gasteiger partial charge in [-0.15, -0.1) is 11.3 Å². The maximum absolute atomic E-state index is 6.24. The fourth-order valence-corrected chi connectivity index (χ4v) is 3.13. The Morgan fingerprint density at radius 3 is 2.90 bits per heavy atom. The SMILES string of the molecule is Cc1ncsc1CN(C)c1cc(CNC2CC2)c(Cl)cn1. The van der Waals surface area contributed by atoms with Crippen LogP contribution in [0, 0.1) is 6.92 Å². The van der Waals surface area contributed by atoms with Gasteiger partial charge in [0.25, 0.3) is 0 Å². The second kappa shape index (κ2) is 6.30. The molecule has 3 rings (SSSR count). The molecule has 0 radical (unpaired) electrons. The Bertz CT molecular complexity index is 624. The zero-order valence-corrected chi connectivity index (χ0v) is 13.8. The lowest BCUT2D eigenvalue weighted by Crippen LogP contribution is -2.19. The van der Waals surface area contributed by atoms with Crippen LogP contribution < -0.4 is 10.2 Å². The number of hydrogen-bond donors (Lipinski definition) is 1. The predicted octanol–water partition coefficient (Wildman–Crippen LogP) is 3.39. The molecule has 0 atom stereocenters. The monoisotopic (exact) mass is 322 g/mol. The average Bonchev–Trinajstić information content (AvgIpc) is 3.22. The first kappa shape index (κ1) is 14.8. The number of nitrogens with one attached hydrogen (secondary N) is 1. The maximum atomic E-state index is 6.24. The van der Waals surface area contributed by atoms with Crippen molar-refractivity contribution in [2.24, 2.45) is 0 Å². The van der Waals surface area contributed by atoms with Crippen LogP contribution in [-0.2, 0) is 13.1 Å². The lowest BCUT2D eigenvalue weighted by molar-refractivity contribution is 0.687. The molecule has 0 saturated heterocycles. The van der Waals surface area contributed by atoms with Gasteiger partial charge in [-0.3, -0.25) is 0 Å². The number of aromatic nitrogens is 2. The van der Waals surface area contributed by atoms with Crippen molar-refractivity contribution in [2.75, 3.05) is 11.9 Å². The van der Waals surface area contributed by atoms with E-state index >= 15 is 0 Å². The third-order valence-corrected chi connectivity index (χ3v) is 4.96. The van der Waals surface area contributed by atoms with Gasteiger partial charge in [-0.1, -0.05) is 11.6 Å². The summed E-state index contributed by atoms with van der Waals surface area (Å²) >= 11 is 7.93. The molecule has 1 aliphatic carbocycles. The Hall–Kier alpha value is -1.17. The molecule has 0 aliphatic heterocycles. The van der Waals surface area contributed by atoms with Crippen LogP contribution in [0.3, 0.4) is 0 Å². The predicted molar refractivity (Wildman–Crippen MR) is 88.1 cm³/mol. The largest absolute Gasteiger partial charge is 0.354 e. The van der Waals surface area contributed by atoms with E-state index in [1.54, 1.807) is 17.5 Å². The summed E-state index contributed by atoms with van der Waals surface area (Å²) < 4.78 is 0. The molecular formula is C15H19ClN4S. The highest BCUT2D eigenvalue weighted by atomic mass is 35.5. The standard InChI is InChI=1S/C15H19ClN4S/c1-10-14(21-9-19-10)8-20(2)15-5-11(13(16)7-18-15)6-17-12-3-4-12/h5,7,9,12,17H,3-4,6,8H2,1-2H3. The van der Waals surface area contributed by atoms with Crippen LogP contribution in [0.15, 0.2) is 17.8 Å². The normalized spacial score (nSPS) is 14.4. The Balaban J connectivity index is 1.71. The molecule has 1 aliphatic rings. The second-order valence-corrected chi connectivity index (χ2v) is 6.85. The van der Waals surface area contributed by atoms with Crippen LogP contribution in [0.5, 0.6) is 0 Å². The van der Waals surface area contributed by atoms with Crippen molar-refractivity contribution >= 4 is 28.8 Å². The minimum atomic E-state index is 0.676. The van der Waals surface area contributed by atoms with Crippen molar-refractivity contribution in [3.05, 3.63) is 38.9 Å². The van der Waals surface area contributed by atoms with E-state index in [-0.39, 0.29) is 0 Å². The highest BCUT2D eigenvalue weighted by molar-refractivity contribution is 7.09. The van der Waals surface area contributed by atoms with Crippen molar-refractivity contribution < 1.29 is 0 Å². The number of rotatable bonds is 6. The number of pyridine rings is 1. The number of hydrogen-bond acceptors (Lipinski definition) is 5.